The second-order valence-corrected chi connectivity index (χ2v) is 3.63. The third kappa shape index (κ3) is 5.42. The van der Waals surface area contributed by atoms with Crippen molar-refractivity contribution in [2.24, 2.45) is 0 Å². The summed E-state index contributed by atoms with van der Waals surface area (Å²) in [6.45, 7) is 6.12. The molecule has 0 atom stereocenters. The predicted octanol–water partition coefficient (Wildman–Crippen LogP) is 0.996. The van der Waals surface area contributed by atoms with Crippen molar-refractivity contribution < 1.29 is 18.9 Å². The summed E-state index contributed by atoms with van der Waals surface area (Å²) < 4.78 is 0. The van der Waals surface area contributed by atoms with Crippen LogP contribution in [-0.2, 0) is 6.42 Å². The van der Waals surface area contributed by atoms with Gasteiger partial charge in [-0.25, -0.2) is 0 Å². The van der Waals surface area contributed by atoms with E-state index in [9.17, 15) is 0 Å². The molecule has 1 heteroatoms. The molecule has 0 aliphatic rings. The largest absolute Gasteiger partial charge is 1.00 e. The number of unbranched alkanes of at least 4 members (excludes halogenated alkanes) is 3. The van der Waals surface area contributed by atoms with Gasteiger partial charge < -0.3 is 0 Å². The van der Waals surface area contributed by atoms with Gasteiger partial charge in [0, 0.05) is 0 Å². The maximum atomic E-state index is 3.87. The van der Waals surface area contributed by atoms with Crippen LogP contribution in [0.5, 0.6) is 0 Å². The van der Waals surface area contributed by atoms with Crippen LogP contribution in [0.4, 0.5) is 0 Å². The van der Waals surface area contributed by atoms with E-state index in [0.717, 1.165) is 5.56 Å². The minimum Gasteiger partial charge on any atom is -0.199 e. The van der Waals surface area contributed by atoms with Gasteiger partial charge in [-0.1, -0.05) is 31.7 Å². The zero-order valence-corrected chi connectivity index (χ0v) is 9.55. The summed E-state index contributed by atoms with van der Waals surface area (Å²) in [6, 6.07) is 8.56. The first kappa shape index (κ1) is 13.7. The van der Waals surface area contributed by atoms with Gasteiger partial charge >= 0.3 is 18.9 Å². The Labute approximate surface area is 100 Å². The number of hydrogen-bond donors (Lipinski definition) is 0. The molecule has 0 spiro atoms. The first-order valence-corrected chi connectivity index (χ1v) is 5.24. The van der Waals surface area contributed by atoms with Crippen LogP contribution in [0.25, 0.3) is 0 Å². The molecule has 0 fully saturated rings. The smallest absolute Gasteiger partial charge is 0.199 e. The number of rotatable bonds is 5. The first-order chi connectivity index (χ1) is 6.33. The Balaban J connectivity index is 0.00000169. The molecule has 0 aliphatic carbocycles. The Morgan fingerprint density at radius 1 is 1.00 bits per heavy atom. The van der Waals surface area contributed by atoms with E-state index in [0.29, 0.717) is 0 Å². The van der Waals surface area contributed by atoms with Crippen LogP contribution in [0.2, 0.25) is 0 Å². The van der Waals surface area contributed by atoms with Crippen LogP contribution >= 0.6 is 0 Å². The van der Waals surface area contributed by atoms with Crippen LogP contribution in [0, 0.1) is 6.92 Å². The normalized spacial score (nSPS) is 9.50. The summed E-state index contributed by atoms with van der Waals surface area (Å²) in [5, 5.41) is 0. The molecule has 0 unspecified atom stereocenters. The summed E-state index contributed by atoms with van der Waals surface area (Å²) in [5.41, 5.74) is 2.56. The average Bonchev–Trinajstić information content (AvgIpc) is 2.15. The second-order valence-electron chi connectivity index (χ2n) is 3.63. The predicted molar refractivity (Wildman–Crippen MR) is 58.7 cm³/mol. The van der Waals surface area contributed by atoms with Crippen molar-refractivity contribution in [3.05, 3.63) is 42.3 Å². The molecular weight excluding hydrogens is 163 g/mol. The van der Waals surface area contributed by atoms with Crippen molar-refractivity contribution in [1.29, 1.82) is 0 Å². The van der Waals surface area contributed by atoms with Gasteiger partial charge in [0.15, 0.2) is 0 Å². The number of aryl methyl sites for hydroxylation is 1. The Morgan fingerprint density at radius 3 is 2.21 bits per heavy atom. The van der Waals surface area contributed by atoms with E-state index < -0.39 is 0 Å². The maximum absolute atomic E-state index is 3.87. The quantitative estimate of drug-likeness (QED) is 0.362. The molecule has 0 radical (unpaired) electrons. The topological polar surface area (TPSA) is 0 Å². The second kappa shape index (κ2) is 8.03. The monoisotopic (exact) mass is 182 g/mol. The molecular formula is C13H19Li. The number of benzene rings is 1. The minimum absolute atomic E-state index is 0. The van der Waals surface area contributed by atoms with E-state index in [1.165, 1.54) is 37.7 Å². The van der Waals surface area contributed by atoms with E-state index >= 15 is 0 Å². The van der Waals surface area contributed by atoms with Gasteiger partial charge in [0.2, 0.25) is 0 Å². The summed E-state index contributed by atoms with van der Waals surface area (Å²) >= 11 is 0. The van der Waals surface area contributed by atoms with Crippen molar-refractivity contribution in [3.63, 3.8) is 0 Å². The third-order valence-corrected chi connectivity index (χ3v) is 2.34. The molecule has 0 aromatic heterocycles. The van der Waals surface area contributed by atoms with Gasteiger partial charge in [-0.3, -0.25) is 0 Å². The van der Waals surface area contributed by atoms with Crippen LogP contribution in [-0.4, -0.2) is 0 Å². The van der Waals surface area contributed by atoms with Crippen LogP contribution in [0.15, 0.2) is 24.3 Å². The molecule has 0 amide bonds. The Morgan fingerprint density at radius 2 is 1.64 bits per heavy atom. The SMILES string of the molecule is [CH2-]c1ccc(CCCCCC)cc1.[Li+]. The molecule has 0 heterocycles. The van der Waals surface area contributed by atoms with E-state index in [-0.39, 0.29) is 18.9 Å². The summed E-state index contributed by atoms with van der Waals surface area (Å²) in [7, 11) is 0. The first-order valence-electron chi connectivity index (χ1n) is 5.24. The average molecular weight is 182 g/mol. The van der Waals surface area contributed by atoms with E-state index in [4.69, 9.17) is 0 Å². The molecule has 14 heavy (non-hydrogen) atoms. The van der Waals surface area contributed by atoms with E-state index in [2.05, 4.69) is 38.1 Å². The van der Waals surface area contributed by atoms with Crippen molar-refractivity contribution in [2.45, 2.75) is 39.0 Å². The van der Waals surface area contributed by atoms with Crippen molar-refractivity contribution in [2.75, 3.05) is 0 Å². The standard InChI is InChI=1S/C13H19.Li/c1-3-4-5-6-7-13-10-8-12(2)9-11-13;/h8-11H,2-7H2,1H3;/q-1;+1. The molecule has 0 aliphatic heterocycles. The van der Waals surface area contributed by atoms with Gasteiger partial charge in [0.25, 0.3) is 0 Å². The van der Waals surface area contributed by atoms with Gasteiger partial charge in [-0.15, -0.1) is 12.1 Å². The molecule has 72 valence electrons. The van der Waals surface area contributed by atoms with Gasteiger partial charge in [0.1, 0.15) is 0 Å². The van der Waals surface area contributed by atoms with Crippen molar-refractivity contribution >= 4 is 0 Å². The van der Waals surface area contributed by atoms with Crippen LogP contribution in [0.3, 0.4) is 0 Å². The molecule has 1 aromatic rings. The van der Waals surface area contributed by atoms with Crippen LogP contribution < -0.4 is 18.9 Å². The zero-order chi connectivity index (χ0) is 9.52. The van der Waals surface area contributed by atoms with E-state index in [1.807, 2.05) is 0 Å². The fourth-order valence-corrected chi connectivity index (χ4v) is 1.46. The van der Waals surface area contributed by atoms with Gasteiger partial charge in [0.05, 0.1) is 0 Å². The molecule has 0 bridgehead atoms. The Hall–Kier alpha value is -0.313. The molecule has 0 saturated heterocycles. The molecule has 0 saturated carbocycles. The molecule has 0 N–H and O–H groups in total. The van der Waals surface area contributed by atoms with Gasteiger partial charge in [-0.2, -0.15) is 24.6 Å². The summed E-state index contributed by atoms with van der Waals surface area (Å²) in [6.07, 6.45) is 6.60. The molecule has 0 nitrogen and oxygen atoms in total. The number of hydrogen-bond acceptors (Lipinski definition) is 0. The third-order valence-electron chi connectivity index (χ3n) is 2.34. The fraction of sp³-hybridized carbons (Fsp3) is 0.462. The summed E-state index contributed by atoms with van der Waals surface area (Å²) in [5.74, 6) is 0. The maximum Gasteiger partial charge on any atom is 1.00 e. The molecule has 1 rings (SSSR count). The fourth-order valence-electron chi connectivity index (χ4n) is 1.46. The van der Waals surface area contributed by atoms with Crippen molar-refractivity contribution in [1.82, 2.24) is 0 Å². The van der Waals surface area contributed by atoms with E-state index in [1.54, 1.807) is 0 Å². The molecule has 1 aromatic carbocycles. The zero-order valence-electron chi connectivity index (χ0n) is 9.55. The Bertz CT molecular complexity index is 225. The van der Waals surface area contributed by atoms with Gasteiger partial charge in [-0.05, 0) is 12.8 Å². The Kier molecular flexibility index (Phi) is 7.85. The summed E-state index contributed by atoms with van der Waals surface area (Å²) in [4.78, 5) is 0. The van der Waals surface area contributed by atoms with Crippen molar-refractivity contribution in [3.8, 4) is 0 Å². The van der Waals surface area contributed by atoms with Crippen LogP contribution in [0.1, 0.15) is 43.7 Å². The minimum atomic E-state index is 0.